The van der Waals surface area contributed by atoms with E-state index in [1.165, 1.54) is 29.0 Å². The Labute approximate surface area is 212 Å². The molecule has 0 fully saturated rings. The van der Waals surface area contributed by atoms with E-state index >= 15 is 0 Å². The van der Waals surface area contributed by atoms with E-state index < -0.39 is 0 Å². The van der Waals surface area contributed by atoms with Gasteiger partial charge in [0.05, 0.1) is 22.3 Å². The van der Waals surface area contributed by atoms with Crippen LogP contribution in [0.1, 0.15) is 31.9 Å². The first kappa shape index (κ1) is 23.4. The van der Waals surface area contributed by atoms with Gasteiger partial charge in [-0.1, -0.05) is 42.5 Å². The molecule has 176 valence electrons. The number of pyridine rings is 1. The van der Waals surface area contributed by atoms with Crippen LogP contribution >= 0.6 is 11.3 Å². The van der Waals surface area contributed by atoms with Crippen molar-refractivity contribution in [3.63, 3.8) is 0 Å². The number of anilines is 1. The number of rotatable bonds is 4. The number of benzene rings is 3. The molecule has 0 aliphatic heterocycles. The normalized spacial score (nSPS) is 10.9. The summed E-state index contributed by atoms with van der Waals surface area (Å²) < 4.78 is 13.5. The molecule has 0 unspecified atom stereocenters. The number of hydrogen-bond acceptors (Lipinski definition) is 4. The summed E-state index contributed by atoms with van der Waals surface area (Å²) in [6, 6.07) is 23.7. The number of carbonyl (C=O) groups is 1. The number of halogens is 1. The van der Waals surface area contributed by atoms with Gasteiger partial charge < -0.3 is 5.32 Å². The van der Waals surface area contributed by atoms with Gasteiger partial charge in [-0.2, -0.15) is 5.26 Å². The molecule has 3 aromatic carbocycles. The average Bonchev–Trinajstić information content (AvgIpc) is 3.19. The Morgan fingerprint density at radius 1 is 0.944 bits per heavy atom. The summed E-state index contributed by atoms with van der Waals surface area (Å²) in [5.74, 6) is -0.662. The number of aryl methyl sites for hydroxylation is 3. The average molecular weight is 492 g/mol. The van der Waals surface area contributed by atoms with E-state index in [1.807, 2.05) is 43.3 Å². The fraction of sp³-hybridized carbons (Fsp3) is 0.100. The van der Waals surface area contributed by atoms with Gasteiger partial charge in [0.1, 0.15) is 16.9 Å². The monoisotopic (exact) mass is 491 g/mol. The van der Waals surface area contributed by atoms with E-state index in [2.05, 4.69) is 31.3 Å². The van der Waals surface area contributed by atoms with Gasteiger partial charge in [0, 0.05) is 21.4 Å². The van der Waals surface area contributed by atoms with E-state index in [4.69, 9.17) is 4.98 Å². The molecule has 0 bridgehead atoms. The molecule has 1 amide bonds. The van der Waals surface area contributed by atoms with Crippen molar-refractivity contribution in [3.05, 3.63) is 106 Å². The Morgan fingerprint density at radius 3 is 2.39 bits per heavy atom. The molecule has 0 spiro atoms. The third-order valence-corrected chi connectivity index (χ3v) is 7.34. The van der Waals surface area contributed by atoms with Crippen LogP contribution in [0.4, 0.5) is 9.39 Å². The summed E-state index contributed by atoms with van der Waals surface area (Å²) in [4.78, 5) is 19.3. The zero-order chi connectivity index (χ0) is 25.4. The summed E-state index contributed by atoms with van der Waals surface area (Å²) >= 11 is 1.33. The number of thiophene rings is 1. The van der Waals surface area contributed by atoms with Crippen LogP contribution in [-0.4, -0.2) is 10.9 Å². The third kappa shape index (κ3) is 4.26. The number of aromatic nitrogens is 1. The minimum atomic E-state index is -0.345. The predicted molar refractivity (Wildman–Crippen MR) is 144 cm³/mol. The van der Waals surface area contributed by atoms with Gasteiger partial charge >= 0.3 is 0 Å². The maximum atomic E-state index is 13.6. The number of nitriles is 1. The van der Waals surface area contributed by atoms with E-state index in [1.54, 1.807) is 18.2 Å². The number of carbonyl (C=O) groups excluding carboxylic acids is 1. The molecule has 5 aromatic rings. The van der Waals surface area contributed by atoms with Crippen LogP contribution in [0.3, 0.4) is 0 Å². The van der Waals surface area contributed by atoms with E-state index in [0.29, 0.717) is 32.9 Å². The first-order valence-electron chi connectivity index (χ1n) is 11.4. The fourth-order valence-electron chi connectivity index (χ4n) is 4.29. The molecule has 2 heterocycles. The summed E-state index contributed by atoms with van der Waals surface area (Å²) in [6.45, 7) is 6.00. The van der Waals surface area contributed by atoms with Crippen molar-refractivity contribution < 1.29 is 9.18 Å². The lowest BCUT2D eigenvalue weighted by Gasteiger charge is -2.11. The quantitative estimate of drug-likeness (QED) is 0.279. The fourth-order valence-corrected chi connectivity index (χ4v) is 5.31. The highest BCUT2D eigenvalue weighted by Crippen LogP contribution is 2.40. The molecule has 2 aromatic heterocycles. The van der Waals surface area contributed by atoms with Gasteiger partial charge in [-0.3, -0.25) is 4.79 Å². The summed E-state index contributed by atoms with van der Waals surface area (Å²) in [5, 5.41) is 14.1. The zero-order valence-electron chi connectivity index (χ0n) is 20.0. The van der Waals surface area contributed by atoms with Crippen molar-refractivity contribution in [2.45, 2.75) is 20.8 Å². The molecule has 0 saturated heterocycles. The van der Waals surface area contributed by atoms with Crippen LogP contribution in [-0.2, 0) is 0 Å². The van der Waals surface area contributed by atoms with Crippen molar-refractivity contribution in [3.8, 4) is 28.5 Å². The summed E-state index contributed by atoms with van der Waals surface area (Å²) in [5.41, 5.74) is 6.96. The number of amides is 1. The Kier molecular flexibility index (Phi) is 6.09. The highest BCUT2D eigenvalue weighted by atomic mass is 32.1. The SMILES string of the molecule is Cc1ccc(-c2cc(C(=O)Nc3sc(C)c(-c4ccc(F)cc4)c3C#N)c3ccccc3n2)cc1C. The van der Waals surface area contributed by atoms with Crippen LogP contribution in [0.5, 0.6) is 0 Å². The number of fused-ring (bicyclic) bond motifs is 1. The lowest BCUT2D eigenvalue weighted by molar-refractivity contribution is 0.102. The minimum Gasteiger partial charge on any atom is -0.312 e. The molecule has 0 aliphatic carbocycles. The molecule has 0 aliphatic rings. The summed E-state index contributed by atoms with van der Waals surface area (Å²) in [7, 11) is 0. The van der Waals surface area contributed by atoms with Crippen molar-refractivity contribution in [1.29, 1.82) is 5.26 Å². The van der Waals surface area contributed by atoms with E-state index in [9.17, 15) is 14.4 Å². The number of nitrogens with one attached hydrogen (secondary N) is 1. The van der Waals surface area contributed by atoms with Crippen LogP contribution in [0, 0.1) is 37.9 Å². The summed E-state index contributed by atoms with van der Waals surface area (Å²) in [6.07, 6.45) is 0. The van der Waals surface area contributed by atoms with Crippen molar-refractivity contribution in [2.24, 2.45) is 0 Å². The van der Waals surface area contributed by atoms with Crippen molar-refractivity contribution in [2.75, 3.05) is 5.32 Å². The molecule has 0 saturated carbocycles. The van der Waals surface area contributed by atoms with Gasteiger partial charge in [0.25, 0.3) is 5.91 Å². The van der Waals surface area contributed by atoms with Gasteiger partial charge in [-0.05, 0) is 67.8 Å². The predicted octanol–water partition coefficient (Wildman–Crippen LogP) is 7.82. The molecule has 0 atom stereocenters. The molecule has 1 N–H and O–H groups in total. The van der Waals surface area contributed by atoms with Crippen molar-refractivity contribution >= 4 is 33.1 Å². The maximum Gasteiger partial charge on any atom is 0.257 e. The maximum absolute atomic E-state index is 13.6. The van der Waals surface area contributed by atoms with Gasteiger partial charge in [-0.15, -0.1) is 11.3 Å². The zero-order valence-corrected chi connectivity index (χ0v) is 20.8. The molecular formula is C30H22FN3OS. The number of hydrogen-bond donors (Lipinski definition) is 1. The van der Waals surface area contributed by atoms with Crippen LogP contribution < -0.4 is 5.32 Å². The molecule has 5 rings (SSSR count). The Hall–Kier alpha value is -4.34. The molecule has 4 nitrogen and oxygen atoms in total. The number of nitrogens with zero attached hydrogens (tertiary/aromatic N) is 2. The lowest BCUT2D eigenvalue weighted by atomic mass is 10.0. The molecular weight excluding hydrogens is 469 g/mol. The highest BCUT2D eigenvalue weighted by molar-refractivity contribution is 7.17. The minimum absolute atomic E-state index is 0.318. The van der Waals surface area contributed by atoms with Crippen molar-refractivity contribution in [1.82, 2.24) is 4.98 Å². The Morgan fingerprint density at radius 2 is 1.67 bits per heavy atom. The largest absolute Gasteiger partial charge is 0.312 e. The smallest absolute Gasteiger partial charge is 0.257 e. The van der Waals surface area contributed by atoms with Crippen LogP contribution in [0.25, 0.3) is 33.3 Å². The van der Waals surface area contributed by atoms with E-state index in [-0.39, 0.29) is 11.7 Å². The molecule has 6 heteroatoms. The first-order chi connectivity index (χ1) is 17.4. The van der Waals surface area contributed by atoms with Crippen LogP contribution in [0.15, 0.2) is 72.8 Å². The second-order valence-corrected chi connectivity index (χ2v) is 9.91. The number of para-hydroxylation sites is 1. The Balaban J connectivity index is 1.58. The Bertz CT molecular complexity index is 1680. The molecule has 0 radical (unpaired) electrons. The third-order valence-electron chi connectivity index (χ3n) is 6.32. The topological polar surface area (TPSA) is 65.8 Å². The highest BCUT2D eigenvalue weighted by Gasteiger charge is 2.21. The second kappa shape index (κ2) is 9.37. The first-order valence-corrected chi connectivity index (χ1v) is 12.3. The van der Waals surface area contributed by atoms with Gasteiger partial charge in [0.15, 0.2) is 0 Å². The van der Waals surface area contributed by atoms with Gasteiger partial charge in [-0.25, -0.2) is 9.37 Å². The second-order valence-electron chi connectivity index (χ2n) is 8.68. The standard InChI is InChI=1S/C30H22FN3OS/c1-17-8-9-21(14-18(17)2)27-15-24(23-6-4-5-7-26(23)33-27)29(35)34-30-25(16-32)28(19(3)36-30)20-10-12-22(31)13-11-20/h4-15H,1-3H3,(H,34,35). The lowest BCUT2D eigenvalue weighted by Crippen LogP contribution is -2.13. The van der Waals surface area contributed by atoms with Crippen LogP contribution in [0.2, 0.25) is 0 Å². The van der Waals surface area contributed by atoms with Gasteiger partial charge in [0.2, 0.25) is 0 Å². The molecule has 36 heavy (non-hydrogen) atoms. The van der Waals surface area contributed by atoms with E-state index in [0.717, 1.165) is 27.0 Å².